The predicted octanol–water partition coefficient (Wildman–Crippen LogP) is 3.25. The first kappa shape index (κ1) is 29.2. The van der Waals surface area contributed by atoms with E-state index in [2.05, 4.69) is 10.2 Å². The van der Waals surface area contributed by atoms with Crippen molar-refractivity contribution in [3.8, 4) is 10.8 Å². The number of carbonyl (C=O) groups excluding carboxylic acids is 1. The maximum atomic E-state index is 14.4. The molecule has 3 aromatic heterocycles. The summed E-state index contributed by atoms with van der Waals surface area (Å²) in [7, 11) is 4.59. The van der Waals surface area contributed by atoms with Gasteiger partial charge in [-0.05, 0) is 52.8 Å². The molecule has 0 saturated heterocycles. The lowest BCUT2D eigenvalue weighted by Crippen LogP contribution is -2.55. The van der Waals surface area contributed by atoms with E-state index in [1.807, 2.05) is 13.8 Å². The number of nitrogens with zero attached hydrogens (tertiary/aromatic N) is 6. The molecule has 0 aliphatic rings. The van der Waals surface area contributed by atoms with Crippen molar-refractivity contribution >= 4 is 27.5 Å². The Morgan fingerprint density at radius 2 is 1.82 bits per heavy atom. The second kappa shape index (κ2) is 11.0. The standard InChI is InChI=1S/C27H33FN6O5S/c1-15(2)39-20(18-13-17(28)9-10-19(18)38-8)14-32-24-21(16(3)23(40-24)34-29-11-12-30-34)22(35)33(26(32)37)27(4,5)25(36)31(6)7/h9-13,15,20H,14H2,1-8H3. The number of aryl methyl sites for hydroxylation is 1. The van der Waals surface area contributed by atoms with Gasteiger partial charge in [-0.15, -0.1) is 4.80 Å². The Bertz CT molecular complexity index is 1670. The molecule has 214 valence electrons. The number of thiophene rings is 1. The molecule has 1 aromatic carbocycles. The number of halogens is 1. The second-order valence-electron chi connectivity index (χ2n) is 10.4. The average Bonchev–Trinajstić information content (AvgIpc) is 3.53. The summed E-state index contributed by atoms with van der Waals surface area (Å²) in [5, 5.41) is 9.21. The third-order valence-corrected chi connectivity index (χ3v) is 7.88. The van der Waals surface area contributed by atoms with Crippen LogP contribution in [0.1, 0.15) is 44.9 Å². The van der Waals surface area contributed by atoms with Crippen LogP contribution in [-0.2, 0) is 21.6 Å². The molecule has 11 nitrogen and oxygen atoms in total. The molecule has 0 aliphatic carbocycles. The van der Waals surface area contributed by atoms with Crippen LogP contribution in [0, 0.1) is 12.7 Å². The predicted molar refractivity (Wildman–Crippen MR) is 150 cm³/mol. The van der Waals surface area contributed by atoms with Gasteiger partial charge >= 0.3 is 5.69 Å². The third-order valence-electron chi connectivity index (χ3n) is 6.60. The van der Waals surface area contributed by atoms with E-state index in [-0.39, 0.29) is 18.0 Å². The summed E-state index contributed by atoms with van der Waals surface area (Å²) in [5.74, 6) is -0.537. The maximum Gasteiger partial charge on any atom is 0.333 e. The highest BCUT2D eigenvalue weighted by atomic mass is 32.1. The van der Waals surface area contributed by atoms with E-state index < -0.39 is 34.6 Å². The van der Waals surface area contributed by atoms with Gasteiger partial charge in [-0.25, -0.2) is 13.8 Å². The average molecular weight is 573 g/mol. The zero-order valence-corrected chi connectivity index (χ0v) is 24.6. The summed E-state index contributed by atoms with van der Waals surface area (Å²) in [6, 6.07) is 4.08. The van der Waals surface area contributed by atoms with Gasteiger partial charge in [-0.2, -0.15) is 10.2 Å². The summed E-state index contributed by atoms with van der Waals surface area (Å²) in [4.78, 5) is 44.5. The number of hydrogen-bond acceptors (Lipinski definition) is 8. The van der Waals surface area contributed by atoms with E-state index in [0.29, 0.717) is 26.7 Å². The monoisotopic (exact) mass is 572 g/mol. The van der Waals surface area contributed by atoms with Crippen molar-refractivity contribution < 1.29 is 18.7 Å². The van der Waals surface area contributed by atoms with Gasteiger partial charge in [0.1, 0.15) is 33.0 Å². The summed E-state index contributed by atoms with van der Waals surface area (Å²) in [6.07, 6.45) is 1.89. The normalized spacial score (nSPS) is 12.8. The molecule has 0 fully saturated rings. The van der Waals surface area contributed by atoms with E-state index >= 15 is 0 Å². The van der Waals surface area contributed by atoms with Crippen molar-refractivity contribution in [1.29, 1.82) is 0 Å². The Labute approximate surface area is 234 Å². The minimum absolute atomic E-state index is 0.0915. The van der Waals surface area contributed by atoms with Gasteiger partial charge in [0.25, 0.3) is 5.56 Å². The highest BCUT2D eigenvalue weighted by Crippen LogP contribution is 2.34. The Morgan fingerprint density at radius 3 is 2.40 bits per heavy atom. The fourth-order valence-corrected chi connectivity index (χ4v) is 6.03. The topological polar surface area (TPSA) is 113 Å². The summed E-state index contributed by atoms with van der Waals surface area (Å²) in [6.45, 7) is 8.37. The van der Waals surface area contributed by atoms with Gasteiger partial charge in [0.15, 0.2) is 0 Å². The van der Waals surface area contributed by atoms with Crippen LogP contribution < -0.4 is 16.0 Å². The molecule has 0 saturated carbocycles. The molecule has 0 aliphatic heterocycles. The number of likely N-dealkylation sites (N-methyl/N-ethyl adjacent to an activating group) is 1. The number of carbonyl (C=O) groups is 1. The molecule has 0 spiro atoms. The Kier molecular flexibility index (Phi) is 7.99. The first-order valence-electron chi connectivity index (χ1n) is 12.7. The quantitative estimate of drug-likeness (QED) is 0.303. The number of methoxy groups -OCH3 is 1. The molecular weight excluding hydrogens is 539 g/mol. The first-order valence-corrected chi connectivity index (χ1v) is 13.5. The van der Waals surface area contributed by atoms with Gasteiger partial charge in [0, 0.05) is 25.2 Å². The van der Waals surface area contributed by atoms with Crippen molar-refractivity contribution in [3.63, 3.8) is 0 Å². The zero-order valence-electron chi connectivity index (χ0n) is 23.8. The second-order valence-corrected chi connectivity index (χ2v) is 11.4. The van der Waals surface area contributed by atoms with Crippen LogP contribution in [0.3, 0.4) is 0 Å². The number of benzene rings is 1. The van der Waals surface area contributed by atoms with Crippen molar-refractivity contribution in [2.75, 3.05) is 21.2 Å². The van der Waals surface area contributed by atoms with Crippen LogP contribution in [0.4, 0.5) is 4.39 Å². The molecule has 0 radical (unpaired) electrons. The van der Waals surface area contributed by atoms with Gasteiger partial charge in [-0.3, -0.25) is 14.2 Å². The Hall–Kier alpha value is -3.84. The minimum Gasteiger partial charge on any atom is -0.496 e. The van der Waals surface area contributed by atoms with Crippen molar-refractivity contribution in [2.45, 2.75) is 58.9 Å². The van der Waals surface area contributed by atoms with Crippen LogP contribution >= 0.6 is 11.3 Å². The maximum absolute atomic E-state index is 14.4. The van der Waals surface area contributed by atoms with E-state index in [1.165, 1.54) is 77.2 Å². The SMILES string of the molecule is COc1ccc(F)cc1C(Cn1c(=O)n(C(C)(C)C(=O)N(C)C)c(=O)c2c(C)c(-n3nccn3)sc21)OC(C)C. The highest BCUT2D eigenvalue weighted by Gasteiger charge is 2.37. The van der Waals surface area contributed by atoms with Gasteiger partial charge in [0.2, 0.25) is 5.91 Å². The lowest BCUT2D eigenvalue weighted by Gasteiger charge is -2.30. The van der Waals surface area contributed by atoms with E-state index in [0.717, 1.165) is 4.57 Å². The van der Waals surface area contributed by atoms with E-state index in [4.69, 9.17) is 9.47 Å². The van der Waals surface area contributed by atoms with Crippen molar-refractivity contribution in [2.24, 2.45) is 0 Å². The van der Waals surface area contributed by atoms with Crippen LogP contribution in [0.2, 0.25) is 0 Å². The highest BCUT2D eigenvalue weighted by molar-refractivity contribution is 7.21. The van der Waals surface area contributed by atoms with Crippen LogP contribution in [-0.4, -0.2) is 62.2 Å². The van der Waals surface area contributed by atoms with E-state index in [1.54, 1.807) is 21.0 Å². The first-order chi connectivity index (χ1) is 18.8. The van der Waals surface area contributed by atoms with Crippen LogP contribution in [0.15, 0.2) is 40.2 Å². The summed E-state index contributed by atoms with van der Waals surface area (Å²) >= 11 is 1.17. The molecular formula is C27H33FN6O5S. The van der Waals surface area contributed by atoms with Crippen molar-refractivity contribution in [3.05, 3.63) is 68.4 Å². The van der Waals surface area contributed by atoms with Crippen LogP contribution in [0.5, 0.6) is 5.75 Å². The van der Waals surface area contributed by atoms with Gasteiger partial charge < -0.3 is 14.4 Å². The third kappa shape index (κ3) is 5.06. The summed E-state index contributed by atoms with van der Waals surface area (Å²) < 4.78 is 28.5. The lowest BCUT2D eigenvalue weighted by atomic mass is 10.0. The molecule has 40 heavy (non-hydrogen) atoms. The lowest BCUT2D eigenvalue weighted by molar-refractivity contribution is -0.136. The molecule has 1 unspecified atom stereocenters. The number of aromatic nitrogens is 5. The van der Waals surface area contributed by atoms with Gasteiger partial charge in [0.05, 0.1) is 37.5 Å². The molecule has 3 heterocycles. The number of hydrogen-bond donors (Lipinski definition) is 0. The summed E-state index contributed by atoms with van der Waals surface area (Å²) in [5.41, 5.74) is -1.86. The zero-order chi connectivity index (χ0) is 29.5. The van der Waals surface area contributed by atoms with E-state index in [9.17, 15) is 18.8 Å². The van der Waals surface area contributed by atoms with Gasteiger partial charge in [-0.1, -0.05) is 11.3 Å². The van der Waals surface area contributed by atoms with Crippen LogP contribution in [0.25, 0.3) is 15.2 Å². The largest absolute Gasteiger partial charge is 0.496 e. The number of ether oxygens (including phenoxy) is 2. The Morgan fingerprint density at radius 1 is 1.18 bits per heavy atom. The minimum atomic E-state index is -1.52. The van der Waals surface area contributed by atoms with Crippen molar-refractivity contribution in [1.82, 2.24) is 29.0 Å². The molecule has 13 heteroatoms. The molecule has 1 amide bonds. The molecule has 0 bridgehead atoms. The number of rotatable bonds is 9. The smallest absolute Gasteiger partial charge is 0.333 e. The molecule has 4 aromatic rings. The molecule has 4 rings (SSSR count). The number of fused-ring (bicyclic) bond motifs is 1. The molecule has 0 N–H and O–H groups in total. The Balaban J connectivity index is 2.07. The fourth-order valence-electron chi connectivity index (χ4n) is 4.81. The number of amides is 1. The fraction of sp³-hybridized carbons (Fsp3) is 0.444. The molecule has 1 atom stereocenters.